The molecular formula is C13H26. The summed E-state index contributed by atoms with van der Waals surface area (Å²) < 4.78 is 0. The fourth-order valence-electron chi connectivity index (χ4n) is 3.79. The van der Waals surface area contributed by atoms with Crippen LogP contribution in [0.3, 0.4) is 0 Å². The van der Waals surface area contributed by atoms with Crippen LogP contribution in [0.1, 0.15) is 60.8 Å². The molecule has 0 N–H and O–H groups in total. The van der Waals surface area contributed by atoms with Gasteiger partial charge in [0.1, 0.15) is 0 Å². The molecule has 1 fully saturated rings. The smallest absolute Gasteiger partial charge is 0.0286 e. The predicted octanol–water partition coefficient (Wildman–Crippen LogP) is 4.49. The highest BCUT2D eigenvalue weighted by molar-refractivity contribution is 4.97. The highest BCUT2D eigenvalue weighted by Crippen LogP contribution is 2.57. The van der Waals surface area contributed by atoms with Gasteiger partial charge in [-0.25, -0.2) is 0 Å². The Morgan fingerprint density at radius 3 is 1.77 bits per heavy atom. The van der Waals surface area contributed by atoms with Crippen molar-refractivity contribution in [3.8, 4) is 0 Å². The number of hydrogen-bond acceptors (Lipinski definition) is 0. The van der Waals surface area contributed by atoms with Crippen LogP contribution in [0.25, 0.3) is 0 Å². The van der Waals surface area contributed by atoms with Crippen LogP contribution < -0.4 is 0 Å². The molecule has 0 bridgehead atoms. The first-order valence-corrected chi connectivity index (χ1v) is 5.81. The zero-order valence-electron chi connectivity index (χ0n) is 10.3. The van der Waals surface area contributed by atoms with E-state index < -0.39 is 0 Å². The summed E-state index contributed by atoms with van der Waals surface area (Å²) >= 11 is 0. The van der Waals surface area contributed by atoms with Gasteiger partial charge in [-0.1, -0.05) is 48.0 Å². The van der Waals surface area contributed by atoms with Crippen molar-refractivity contribution in [2.75, 3.05) is 0 Å². The van der Waals surface area contributed by atoms with Crippen LogP contribution in [0.2, 0.25) is 0 Å². The van der Waals surface area contributed by atoms with Crippen LogP contribution >= 0.6 is 0 Å². The Hall–Kier alpha value is 0. The summed E-state index contributed by atoms with van der Waals surface area (Å²) in [5.74, 6) is 1.79. The van der Waals surface area contributed by atoms with Crippen LogP contribution in [0, 0.1) is 22.7 Å². The topological polar surface area (TPSA) is 0 Å². The first-order valence-electron chi connectivity index (χ1n) is 5.81. The minimum absolute atomic E-state index is 0.568. The zero-order chi connectivity index (χ0) is 10.3. The lowest BCUT2D eigenvalue weighted by Gasteiger charge is -2.39. The highest BCUT2D eigenvalue weighted by Gasteiger charge is 2.48. The van der Waals surface area contributed by atoms with Crippen LogP contribution in [0.4, 0.5) is 0 Å². The zero-order valence-corrected chi connectivity index (χ0v) is 10.3. The summed E-state index contributed by atoms with van der Waals surface area (Å²) in [4.78, 5) is 0. The van der Waals surface area contributed by atoms with Gasteiger partial charge in [-0.3, -0.25) is 0 Å². The second kappa shape index (κ2) is 3.29. The molecule has 1 atom stereocenters. The third-order valence-corrected chi connectivity index (χ3v) is 4.31. The standard InChI is InChI=1S/C13H26/c1-7-10(2)11-12(3,4)8-9-13(11,5)6/h10-11H,7-9H2,1-6H3. The quantitative estimate of drug-likeness (QED) is 0.590. The van der Waals surface area contributed by atoms with E-state index in [4.69, 9.17) is 0 Å². The Morgan fingerprint density at radius 2 is 1.46 bits per heavy atom. The molecule has 1 aliphatic carbocycles. The van der Waals surface area contributed by atoms with Gasteiger partial charge >= 0.3 is 0 Å². The minimum Gasteiger partial charge on any atom is -0.0651 e. The van der Waals surface area contributed by atoms with Crippen molar-refractivity contribution in [2.45, 2.75) is 60.8 Å². The monoisotopic (exact) mass is 182 g/mol. The molecule has 0 heterocycles. The van der Waals surface area contributed by atoms with Gasteiger partial charge in [0.2, 0.25) is 0 Å². The molecule has 0 aromatic heterocycles. The van der Waals surface area contributed by atoms with E-state index in [0.29, 0.717) is 10.8 Å². The van der Waals surface area contributed by atoms with Crippen molar-refractivity contribution in [3.05, 3.63) is 0 Å². The van der Waals surface area contributed by atoms with Crippen LogP contribution in [0.15, 0.2) is 0 Å². The van der Waals surface area contributed by atoms with Crippen molar-refractivity contribution in [3.63, 3.8) is 0 Å². The molecule has 1 rings (SSSR count). The normalized spacial score (nSPS) is 29.1. The third kappa shape index (κ3) is 1.92. The Labute approximate surface area is 84.1 Å². The molecule has 0 radical (unpaired) electrons. The summed E-state index contributed by atoms with van der Waals surface area (Å²) in [6.45, 7) is 14.6. The van der Waals surface area contributed by atoms with Gasteiger partial charge in [-0.15, -0.1) is 0 Å². The Bertz CT molecular complexity index is 160. The number of hydrogen-bond donors (Lipinski definition) is 0. The van der Waals surface area contributed by atoms with E-state index in [0.717, 1.165) is 11.8 Å². The maximum absolute atomic E-state index is 2.46. The summed E-state index contributed by atoms with van der Waals surface area (Å²) in [6.07, 6.45) is 4.15. The molecule has 0 aromatic carbocycles. The first kappa shape index (κ1) is 11.1. The first-order chi connectivity index (χ1) is 5.81. The van der Waals surface area contributed by atoms with Gasteiger partial charge in [0.05, 0.1) is 0 Å². The van der Waals surface area contributed by atoms with Crippen LogP contribution in [0.5, 0.6) is 0 Å². The predicted molar refractivity (Wildman–Crippen MR) is 59.7 cm³/mol. The van der Waals surface area contributed by atoms with Gasteiger partial charge < -0.3 is 0 Å². The lowest BCUT2D eigenvalue weighted by molar-refractivity contribution is 0.0930. The molecular weight excluding hydrogens is 156 g/mol. The van der Waals surface area contributed by atoms with E-state index in [-0.39, 0.29) is 0 Å². The summed E-state index contributed by atoms with van der Waals surface area (Å²) in [5.41, 5.74) is 1.14. The second-order valence-corrected chi connectivity index (χ2v) is 6.34. The second-order valence-electron chi connectivity index (χ2n) is 6.34. The molecule has 0 nitrogen and oxygen atoms in total. The van der Waals surface area contributed by atoms with E-state index >= 15 is 0 Å². The Kier molecular flexibility index (Phi) is 2.81. The van der Waals surface area contributed by atoms with Crippen molar-refractivity contribution < 1.29 is 0 Å². The van der Waals surface area contributed by atoms with Gasteiger partial charge in [-0.05, 0) is 35.5 Å². The largest absolute Gasteiger partial charge is 0.0651 e. The number of rotatable bonds is 2. The Morgan fingerprint density at radius 1 is 1.08 bits per heavy atom. The molecule has 1 unspecified atom stereocenters. The van der Waals surface area contributed by atoms with Gasteiger partial charge in [-0.2, -0.15) is 0 Å². The average Bonchev–Trinajstić information content (AvgIpc) is 2.20. The maximum Gasteiger partial charge on any atom is -0.0286 e. The summed E-state index contributed by atoms with van der Waals surface area (Å²) in [6, 6.07) is 0. The molecule has 0 heteroatoms. The van der Waals surface area contributed by atoms with E-state index in [2.05, 4.69) is 41.5 Å². The van der Waals surface area contributed by atoms with E-state index in [9.17, 15) is 0 Å². The van der Waals surface area contributed by atoms with Crippen molar-refractivity contribution in [1.82, 2.24) is 0 Å². The molecule has 0 spiro atoms. The molecule has 0 saturated heterocycles. The van der Waals surface area contributed by atoms with Gasteiger partial charge in [0.25, 0.3) is 0 Å². The molecule has 0 amide bonds. The molecule has 1 saturated carbocycles. The van der Waals surface area contributed by atoms with Crippen molar-refractivity contribution in [1.29, 1.82) is 0 Å². The van der Waals surface area contributed by atoms with E-state index in [1.165, 1.54) is 19.3 Å². The molecule has 0 aromatic rings. The third-order valence-electron chi connectivity index (χ3n) is 4.31. The lowest BCUT2D eigenvalue weighted by Crippen LogP contribution is -2.32. The van der Waals surface area contributed by atoms with Crippen LogP contribution in [-0.4, -0.2) is 0 Å². The highest BCUT2D eigenvalue weighted by atomic mass is 14.5. The summed E-state index contributed by atoms with van der Waals surface area (Å²) in [5, 5.41) is 0. The molecule has 0 aliphatic heterocycles. The Balaban J connectivity index is 2.87. The van der Waals surface area contributed by atoms with E-state index in [1.54, 1.807) is 0 Å². The summed E-state index contributed by atoms with van der Waals surface area (Å²) in [7, 11) is 0. The van der Waals surface area contributed by atoms with Crippen molar-refractivity contribution in [2.24, 2.45) is 22.7 Å². The molecule has 13 heavy (non-hydrogen) atoms. The van der Waals surface area contributed by atoms with Crippen LogP contribution in [-0.2, 0) is 0 Å². The van der Waals surface area contributed by atoms with Crippen molar-refractivity contribution >= 4 is 0 Å². The minimum atomic E-state index is 0.568. The molecule has 1 aliphatic rings. The SMILES string of the molecule is CCC(C)C1C(C)(C)CCC1(C)C. The lowest BCUT2D eigenvalue weighted by atomic mass is 9.66. The average molecular weight is 182 g/mol. The fraction of sp³-hybridized carbons (Fsp3) is 1.00. The fourth-order valence-corrected chi connectivity index (χ4v) is 3.79. The molecule has 78 valence electrons. The maximum atomic E-state index is 2.46. The van der Waals surface area contributed by atoms with Gasteiger partial charge in [0, 0.05) is 0 Å². The van der Waals surface area contributed by atoms with Gasteiger partial charge in [0.15, 0.2) is 0 Å². The van der Waals surface area contributed by atoms with E-state index in [1.807, 2.05) is 0 Å².